The van der Waals surface area contributed by atoms with Gasteiger partial charge in [-0.05, 0) is 31.5 Å². The van der Waals surface area contributed by atoms with Crippen molar-refractivity contribution in [2.45, 2.75) is 25.4 Å². The number of hydrogen-bond acceptors (Lipinski definition) is 8. The molecular weight excluding hydrogens is 521 g/mol. The molecule has 0 fully saturated rings. The van der Waals surface area contributed by atoms with E-state index < -0.39 is 29.4 Å². The average molecular weight is 546 g/mol. The van der Waals surface area contributed by atoms with Gasteiger partial charge in [0.25, 0.3) is 0 Å². The maximum Gasteiger partial charge on any atom is 0.336 e. The Morgan fingerprint density at radius 3 is 2.44 bits per heavy atom. The molecule has 1 aliphatic heterocycles. The van der Waals surface area contributed by atoms with Crippen LogP contribution in [0.25, 0.3) is 11.3 Å². The monoisotopic (exact) mass is 545 g/mol. The summed E-state index contributed by atoms with van der Waals surface area (Å²) in [7, 11) is 2.66. The molecule has 0 saturated heterocycles. The highest BCUT2D eigenvalue weighted by Gasteiger charge is 2.52. The van der Waals surface area contributed by atoms with E-state index in [4.69, 9.17) is 37.7 Å². The summed E-state index contributed by atoms with van der Waals surface area (Å²) < 4.78 is 10.3. The van der Waals surface area contributed by atoms with E-state index in [9.17, 15) is 9.59 Å². The Bertz CT molecular complexity index is 1330. The van der Waals surface area contributed by atoms with E-state index in [0.717, 1.165) is 11.1 Å². The highest BCUT2D eigenvalue weighted by molar-refractivity contribution is 7.14. The maximum absolute atomic E-state index is 13.3. The fraction of sp³-hybridized carbons (Fsp3) is 0.269. The lowest BCUT2D eigenvalue weighted by Gasteiger charge is -2.46. The number of ether oxygens (including phenoxy) is 2. The minimum Gasteiger partial charge on any atom is -0.469 e. The molecule has 1 aliphatic rings. The first-order valence-corrected chi connectivity index (χ1v) is 12.7. The van der Waals surface area contributed by atoms with Crippen LogP contribution in [-0.2, 0) is 19.1 Å². The third-order valence-electron chi connectivity index (χ3n) is 6.22. The van der Waals surface area contributed by atoms with E-state index in [0.29, 0.717) is 32.1 Å². The van der Waals surface area contributed by atoms with Crippen molar-refractivity contribution in [3.8, 4) is 11.3 Å². The number of esters is 2. The van der Waals surface area contributed by atoms with Crippen molar-refractivity contribution in [2.75, 3.05) is 19.5 Å². The number of methoxy groups -OCH3 is 2. The number of thiazole rings is 1. The van der Waals surface area contributed by atoms with Crippen molar-refractivity contribution in [2.24, 2.45) is 5.92 Å². The standard InChI is InChI=1S/C26H25Cl2N3O4S/c1-14-20(23(32)34-3)21(15-8-6-5-7-9-15)22(24(33)35-4)26(2,30-14)31-25-29-19(13-36-25)16-10-11-17(27)18(28)12-16/h5-13,21-22,30H,1-4H3,(H,29,31). The molecule has 7 nitrogen and oxygen atoms in total. The molecule has 0 radical (unpaired) electrons. The molecule has 4 rings (SSSR count). The molecule has 3 atom stereocenters. The minimum atomic E-state index is -1.05. The highest BCUT2D eigenvalue weighted by Crippen LogP contribution is 2.45. The summed E-state index contributed by atoms with van der Waals surface area (Å²) in [6.07, 6.45) is 0. The number of carbonyl (C=O) groups excluding carboxylic acids is 2. The molecule has 0 aliphatic carbocycles. The lowest BCUT2D eigenvalue weighted by Crippen LogP contribution is -2.62. The van der Waals surface area contributed by atoms with E-state index in [2.05, 4.69) is 10.6 Å². The number of benzene rings is 2. The van der Waals surface area contributed by atoms with Gasteiger partial charge in [-0.2, -0.15) is 0 Å². The predicted molar refractivity (Wildman–Crippen MR) is 142 cm³/mol. The lowest BCUT2D eigenvalue weighted by molar-refractivity contribution is -0.149. The number of nitrogens with one attached hydrogen (secondary N) is 2. The number of rotatable bonds is 6. The second kappa shape index (κ2) is 10.5. The Hall–Kier alpha value is -3.07. The zero-order valence-corrected chi connectivity index (χ0v) is 22.4. The van der Waals surface area contributed by atoms with Gasteiger partial charge in [-0.25, -0.2) is 9.78 Å². The molecule has 1 aromatic heterocycles. The summed E-state index contributed by atoms with van der Waals surface area (Å²) in [6, 6.07) is 14.7. The number of anilines is 1. The molecule has 0 saturated carbocycles. The largest absolute Gasteiger partial charge is 0.469 e. The molecule has 0 spiro atoms. The van der Waals surface area contributed by atoms with Crippen molar-refractivity contribution in [1.29, 1.82) is 0 Å². The number of nitrogens with zero attached hydrogens (tertiary/aromatic N) is 1. The second-order valence-electron chi connectivity index (χ2n) is 8.54. The van der Waals surface area contributed by atoms with Crippen LogP contribution in [0.3, 0.4) is 0 Å². The summed E-state index contributed by atoms with van der Waals surface area (Å²) in [4.78, 5) is 30.9. The first-order valence-electron chi connectivity index (χ1n) is 11.1. The Morgan fingerprint density at radius 2 is 1.81 bits per heavy atom. The van der Waals surface area contributed by atoms with Crippen LogP contribution in [0, 0.1) is 5.92 Å². The van der Waals surface area contributed by atoms with E-state index in [1.54, 1.807) is 19.1 Å². The number of aromatic nitrogens is 1. The third-order valence-corrected chi connectivity index (χ3v) is 7.72. The van der Waals surface area contributed by atoms with Crippen molar-refractivity contribution in [3.05, 3.63) is 80.8 Å². The first kappa shape index (κ1) is 26.0. The average Bonchev–Trinajstić information content (AvgIpc) is 3.32. The van der Waals surface area contributed by atoms with Gasteiger partial charge in [0, 0.05) is 22.6 Å². The van der Waals surface area contributed by atoms with E-state index in [1.165, 1.54) is 25.6 Å². The Morgan fingerprint density at radius 1 is 1.08 bits per heavy atom. The van der Waals surface area contributed by atoms with Gasteiger partial charge in [-0.1, -0.05) is 59.6 Å². The molecule has 10 heteroatoms. The molecule has 188 valence electrons. The zero-order chi connectivity index (χ0) is 26.0. The molecule has 2 aromatic carbocycles. The predicted octanol–water partition coefficient (Wildman–Crippen LogP) is 5.87. The van der Waals surface area contributed by atoms with Crippen molar-refractivity contribution < 1.29 is 19.1 Å². The van der Waals surface area contributed by atoms with Crippen LogP contribution in [0.2, 0.25) is 10.0 Å². The van der Waals surface area contributed by atoms with E-state index >= 15 is 0 Å². The summed E-state index contributed by atoms with van der Waals surface area (Å²) in [5.41, 5.74) is 2.21. The van der Waals surface area contributed by atoms with Gasteiger partial charge in [0.2, 0.25) is 0 Å². The summed E-state index contributed by atoms with van der Waals surface area (Å²) in [5, 5.41) is 10.1. The third kappa shape index (κ3) is 4.93. The quantitative estimate of drug-likeness (QED) is 0.374. The Balaban J connectivity index is 1.78. The normalized spacial score (nSPS) is 21.5. The molecule has 2 N–H and O–H groups in total. The zero-order valence-electron chi connectivity index (χ0n) is 20.1. The lowest BCUT2D eigenvalue weighted by atomic mass is 9.71. The molecule has 0 bridgehead atoms. The van der Waals surface area contributed by atoms with Gasteiger partial charge in [0.1, 0.15) is 11.6 Å². The van der Waals surface area contributed by atoms with Crippen LogP contribution in [0.4, 0.5) is 5.13 Å². The van der Waals surface area contributed by atoms with Gasteiger partial charge in [0.15, 0.2) is 5.13 Å². The van der Waals surface area contributed by atoms with Crippen LogP contribution >= 0.6 is 34.5 Å². The van der Waals surface area contributed by atoms with Crippen LogP contribution in [0.15, 0.2) is 65.2 Å². The number of allylic oxidation sites excluding steroid dienone is 1. The first-order chi connectivity index (χ1) is 17.2. The smallest absolute Gasteiger partial charge is 0.336 e. The van der Waals surface area contributed by atoms with Gasteiger partial charge in [-0.15, -0.1) is 11.3 Å². The van der Waals surface area contributed by atoms with E-state index in [-0.39, 0.29) is 0 Å². The minimum absolute atomic E-state index is 0.369. The Labute approximate surface area is 223 Å². The highest BCUT2D eigenvalue weighted by atomic mass is 35.5. The summed E-state index contributed by atoms with van der Waals surface area (Å²) in [6.45, 7) is 3.64. The van der Waals surface area contributed by atoms with Crippen LogP contribution in [0.1, 0.15) is 25.3 Å². The molecule has 3 unspecified atom stereocenters. The molecule has 36 heavy (non-hydrogen) atoms. The van der Waals surface area contributed by atoms with Crippen LogP contribution in [-0.4, -0.2) is 36.8 Å². The van der Waals surface area contributed by atoms with E-state index in [1.807, 2.05) is 48.7 Å². The molecule has 3 aromatic rings. The van der Waals surface area contributed by atoms with Crippen molar-refractivity contribution in [1.82, 2.24) is 10.3 Å². The molecule has 2 heterocycles. The van der Waals surface area contributed by atoms with Gasteiger partial charge in [-0.3, -0.25) is 4.79 Å². The fourth-order valence-corrected chi connectivity index (χ4v) is 5.76. The maximum atomic E-state index is 13.3. The van der Waals surface area contributed by atoms with Gasteiger partial charge in [0.05, 0.1) is 35.5 Å². The van der Waals surface area contributed by atoms with Gasteiger partial charge < -0.3 is 20.1 Å². The summed E-state index contributed by atoms with van der Waals surface area (Å²) in [5.74, 6) is -2.46. The molecule has 0 amide bonds. The van der Waals surface area contributed by atoms with Crippen molar-refractivity contribution in [3.63, 3.8) is 0 Å². The number of carbonyl (C=O) groups is 2. The molecular formula is C26H25Cl2N3O4S. The summed E-state index contributed by atoms with van der Waals surface area (Å²) >= 11 is 13.6. The second-order valence-corrected chi connectivity index (χ2v) is 10.2. The van der Waals surface area contributed by atoms with Crippen LogP contribution in [0.5, 0.6) is 0 Å². The van der Waals surface area contributed by atoms with Gasteiger partial charge >= 0.3 is 11.9 Å². The topological polar surface area (TPSA) is 89.5 Å². The number of hydrogen-bond donors (Lipinski definition) is 2. The SMILES string of the molecule is COC(=O)C1=C(C)NC(C)(Nc2nc(-c3ccc(Cl)c(Cl)c3)cs2)C(C(=O)OC)C1c1ccccc1. The van der Waals surface area contributed by atoms with Crippen molar-refractivity contribution >= 4 is 51.6 Å². The van der Waals surface area contributed by atoms with Crippen LogP contribution < -0.4 is 10.6 Å². The Kier molecular flexibility index (Phi) is 7.59. The fourth-order valence-electron chi connectivity index (χ4n) is 4.63. The number of halogens is 2.